The second-order valence-electron chi connectivity index (χ2n) is 4.80. The summed E-state index contributed by atoms with van der Waals surface area (Å²) >= 11 is 8.15. The van der Waals surface area contributed by atoms with E-state index in [1.807, 2.05) is 37.7 Å². The summed E-state index contributed by atoms with van der Waals surface area (Å²) in [7, 11) is 0. The molecular formula is C15H21ClN2OS. The van der Waals surface area contributed by atoms with E-state index in [-0.39, 0.29) is 5.38 Å². The second-order valence-corrected chi connectivity index (χ2v) is 6.73. The van der Waals surface area contributed by atoms with Gasteiger partial charge in [0.05, 0.1) is 17.5 Å². The number of thioether (sulfide) groups is 1. The van der Waals surface area contributed by atoms with Crippen molar-refractivity contribution in [3.05, 3.63) is 24.0 Å². The highest BCUT2D eigenvalue weighted by atomic mass is 35.5. The molecular weight excluding hydrogens is 292 g/mol. The zero-order chi connectivity index (χ0) is 14.7. The molecule has 2 rings (SSSR count). The van der Waals surface area contributed by atoms with Gasteiger partial charge in [0.2, 0.25) is 0 Å². The number of rotatable bonds is 6. The summed E-state index contributed by atoms with van der Waals surface area (Å²) in [6.07, 6.45) is 2.12. The molecule has 2 atom stereocenters. The molecule has 0 radical (unpaired) electrons. The van der Waals surface area contributed by atoms with Crippen molar-refractivity contribution in [3.63, 3.8) is 0 Å². The quantitative estimate of drug-likeness (QED) is 0.736. The first-order valence-electron chi connectivity index (χ1n) is 6.87. The van der Waals surface area contributed by atoms with E-state index in [0.717, 1.165) is 29.2 Å². The minimum Gasteiger partial charge on any atom is -0.492 e. The number of ether oxygens (including phenoxy) is 1. The average Bonchev–Trinajstić information content (AvgIpc) is 2.79. The van der Waals surface area contributed by atoms with Crippen LogP contribution >= 0.6 is 23.4 Å². The summed E-state index contributed by atoms with van der Waals surface area (Å²) in [5.74, 6) is 1.74. The molecule has 3 nitrogen and oxygen atoms in total. The fraction of sp³-hybridized carbons (Fsp3) is 0.533. The predicted octanol–water partition coefficient (Wildman–Crippen LogP) is 4.49. The van der Waals surface area contributed by atoms with Crippen molar-refractivity contribution in [2.75, 3.05) is 12.9 Å². The molecule has 2 unspecified atom stereocenters. The molecule has 1 aromatic carbocycles. The number of hydrogen-bond acceptors (Lipinski definition) is 3. The third-order valence-electron chi connectivity index (χ3n) is 3.27. The van der Waals surface area contributed by atoms with Crippen molar-refractivity contribution < 1.29 is 4.74 Å². The van der Waals surface area contributed by atoms with E-state index in [4.69, 9.17) is 21.3 Å². The molecule has 0 amide bonds. The van der Waals surface area contributed by atoms with Crippen LogP contribution in [0.3, 0.4) is 0 Å². The Bertz CT molecular complexity index is 583. The third kappa shape index (κ3) is 3.07. The molecule has 0 aliphatic heterocycles. The lowest BCUT2D eigenvalue weighted by molar-refractivity contribution is 0.343. The number of para-hydroxylation sites is 1. The number of hydrogen-bond donors (Lipinski definition) is 0. The fourth-order valence-electron chi connectivity index (χ4n) is 2.24. The topological polar surface area (TPSA) is 27.1 Å². The van der Waals surface area contributed by atoms with Crippen LogP contribution in [-0.2, 0) is 6.54 Å². The number of alkyl halides is 1. The van der Waals surface area contributed by atoms with Gasteiger partial charge in [0.1, 0.15) is 17.1 Å². The zero-order valence-corrected chi connectivity index (χ0v) is 14.0. The van der Waals surface area contributed by atoms with Gasteiger partial charge in [-0.1, -0.05) is 13.0 Å². The van der Waals surface area contributed by atoms with E-state index in [0.29, 0.717) is 11.9 Å². The van der Waals surface area contributed by atoms with E-state index in [1.165, 1.54) is 0 Å². The summed E-state index contributed by atoms with van der Waals surface area (Å²) in [5.41, 5.74) is 2.00. The Hall–Kier alpha value is -0.870. The van der Waals surface area contributed by atoms with Gasteiger partial charge in [0, 0.05) is 11.8 Å². The van der Waals surface area contributed by atoms with Crippen LogP contribution in [-0.4, -0.2) is 27.7 Å². The van der Waals surface area contributed by atoms with Crippen LogP contribution in [0.4, 0.5) is 0 Å². The maximum absolute atomic E-state index is 6.30. The molecule has 0 aliphatic rings. The van der Waals surface area contributed by atoms with Crippen molar-refractivity contribution in [3.8, 4) is 5.75 Å². The Morgan fingerprint density at radius 1 is 1.40 bits per heavy atom. The van der Waals surface area contributed by atoms with Crippen molar-refractivity contribution in [1.29, 1.82) is 0 Å². The maximum Gasteiger partial charge on any atom is 0.147 e. The largest absolute Gasteiger partial charge is 0.492 e. The SMILES string of the molecule is CCOc1cccc2c1nc(C(C)Cl)n2CC(C)SC. The lowest BCUT2D eigenvalue weighted by atomic mass is 10.3. The van der Waals surface area contributed by atoms with Gasteiger partial charge < -0.3 is 9.30 Å². The molecule has 1 heterocycles. The molecule has 2 aromatic rings. The van der Waals surface area contributed by atoms with Crippen LogP contribution in [0.15, 0.2) is 18.2 Å². The zero-order valence-electron chi connectivity index (χ0n) is 12.4. The predicted molar refractivity (Wildman–Crippen MR) is 88.1 cm³/mol. The number of aromatic nitrogens is 2. The Kier molecular flexibility index (Phi) is 5.22. The molecule has 0 saturated carbocycles. The maximum atomic E-state index is 6.30. The van der Waals surface area contributed by atoms with Gasteiger partial charge in [-0.25, -0.2) is 4.98 Å². The van der Waals surface area contributed by atoms with E-state index in [9.17, 15) is 0 Å². The minimum atomic E-state index is -0.120. The Morgan fingerprint density at radius 3 is 2.75 bits per heavy atom. The van der Waals surface area contributed by atoms with E-state index < -0.39 is 0 Å². The van der Waals surface area contributed by atoms with Crippen LogP contribution < -0.4 is 4.74 Å². The van der Waals surface area contributed by atoms with Crippen LogP contribution in [0.2, 0.25) is 0 Å². The second kappa shape index (κ2) is 6.72. The number of fused-ring (bicyclic) bond motifs is 1. The van der Waals surface area contributed by atoms with Gasteiger partial charge in [-0.2, -0.15) is 11.8 Å². The molecule has 20 heavy (non-hydrogen) atoms. The molecule has 1 aromatic heterocycles. The highest BCUT2D eigenvalue weighted by Gasteiger charge is 2.18. The van der Waals surface area contributed by atoms with Crippen LogP contribution in [0.1, 0.15) is 32.0 Å². The van der Waals surface area contributed by atoms with Crippen molar-refractivity contribution in [1.82, 2.24) is 9.55 Å². The molecule has 110 valence electrons. The van der Waals surface area contributed by atoms with E-state index >= 15 is 0 Å². The van der Waals surface area contributed by atoms with Crippen LogP contribution in [0.5, 0.6) is 5.75 Å². The first-order valence-corrected chi connectivity index (χ1v) is 8.59. The molecule has 0 aliphatic carbocycles. The first-order chi connectivity index (χ1) is 9.58. The molecule has 0 saturated heterocycles. The molecule has 5 heteroatoms. The summed E-state index contributed by atoms with van der Waals surface area (Å²) < 4.78 is 7.89. The standard InChI is InChI=1S/C15H21ClN2OS/c1-5-19-13-8-6-7-12-14(13)17-15(11(3)16)18(12)9-10(2)20-4/h6-8,10-11H,5,9H2,1-4H3. The van der Waals surface area contributed by atoms with E-state index in [1.54, 1.807) is 0 Å². The van der Waals surface area contributed by atoms with Gasteiger partial charge in [-0.3, -0.25) is 0 Å². The fourth-order valence-corrected chi connectivity index (χ4v) is 2.70. The van der Waals surface area contributed by atoms with Crippen LogP contribution in [0, 0.1) is 0 Å². The lowest BCUT2D eigenvalue weighted by Crippen LogP contribution is -2.12. The Morgan fingerprint density at radius 2 is 2.15 bits per heavy atom. The van der Waals surface area contributed by atoms with Crippen molar-refractivity contribution in [2.24, 2.45) is 0 Å². The van der Waals surface area contributed by atoms with Gasteiger partial charge in [-0.15, -0.1) is 11.6 Å². The highest BCUT2D eigenvalue weighted by molar-refractivity contribution is 7.99. The summed E-state index contributed by atoms with van der Waals surface area (Å²) in [6, 6.07) is 6.06. The van der Waals surface area contributed by atoms with E-state index in [2.05, 4.69) is 23.8 Å². The van der Waals surface area contributed by atoms with Gasteiger partial charge in [-0.05, 0) is 32.2 Å². The number of halogens is 1. The summed E-state index contributed by atoms with van der Waals surface area (Å²) in [5, 5.41) is 0.392. The van der Waals surface area contributed by atoms with Gasteiger partial charge in [0.15, 0.2) is 0 Å². The highest BCUT2D eigenvalue weighted by Crippen LogP contribution is 2.31. The summed E-state index contributed by atoms with van der Waals surface area (Å²) in [6.45, 7) is 7.70. The smallest absolute Gasteiger partial charge is 0.147 e. The normalized spacial score (nSPS) is 14.4. The Balaban J connectivity index is 2.57. The van der Waals surface area contributed by atoms with Crippen LogP contribution in [0.25, 0.3) is 11.0 Å². The number of nitrogens with zero attached hydrogens (tertiary/aromatic N) is 2. The molecule has 0 bridgehead atoms. The molecule has 0 fully saturated rings. The number of imidazole rings is 1. The average molecular weight is 313 g/mol. The third-order valence-corrected chi connectivity index (χ3v) is 4.42. The monoisotopic (exact) mass is 312 g/mol. The van der Waals surface area contributed by atoms with Crippen molar-refractivity contribution in [2.45, 2.75) is 37.9 Å². The van der Waals surface area contributed by atoms with Gasteiger partial charge >= 0.3 is 0 Å². The first kappa shape index (κ1) is 15.5. The summed E-state index contributed by atoms with van der Waals surface area (Å²) in [4.78, 5) is 4.71. The molecule has 0 N–H and O–H groups in total. The molecule has 0 spiro atoms. The Labute approximate surface area is 129 Å². The van der Waals surface area contributed by atoms with Gasteiger partial charge in [0.25, 0.3) is 0 Å². The lowest BCUT2D eigenvalue weighted by Gasteiger charge is -2.14. The van der Waals surface area contributed by atoms with Crippen molar-refractivity contribution >= 4 is 34.4 Å². The number of benzene rings is 1. The minimum absolute atomic E-state index is 0.120.